The highest BCUT2D eigenvalue weighted by molar-refractivity contribution is 7.11. The number of amidine groups is 1. The molecule has 3 aliphatic heterocycles. The molecule has 0 unspecified atom stereocenters. The van der Waals surface area contributed by atoms with E-state index in [9.17, 15) is 23.5 Å². The molecule has 4 atom stereocenters. The number of carboxylic acids is 1. The maximum absolute atomic E-state index is 15.0. The van der Waals surface area contributed by atoms with Gasteiger partial charge in [0.25, 0.3) is 5.92 Å². The van der Waals surface area contributed by atoms with E-state index in [0.29, 0.717) is 5.01 Å². The van der Waals surface area contributed by atoms with Crippen molar-refractivity contribution < 1.29 is 37.0 Å². The summed E-state index contributed by atoms with van der Waals surface area (Å²) in [7, 11) is 1.16. The summed E-state index contributed by atoms with van der Waals surface area (Å²) < 4.78 is 63.0. The number of thiazole rings is 1. The van der Waals surface area contributed by atoms with E-state index in [4.69, 9.17) is 4.74 Å². The minimum Gasteiger partial charge on any atom is -0.481 e. The Bertz CT molecular complexity index is 1320. The van der Waals surface area contributed by atoms with Gasteiger partial charge in [-0.25, -0.2) is 27.3 Å². The van der Waals surface area contributed by atoms with Crippen LogP contribution in [0.15, 0.2) is 46.0 Å². The average Bonchev–Trinajstić information content (AvgIpc) is 3.44. The molecule has 2 saturated heterocycles. The molecule has 38 heavy (non-hydrogen) atoms. The first kappa shape index (κ1) is 26.3. The van der Waals surface area contributed by atoms with Crippen molar-refractivity contribution in [3.63, 3.8) is 0 Å². The molecule has 5 rings (SSSR count). The van der Waals surface area contributed by atoms with Gasteiger partial charge in [0.1, 0.15) is 6.04 Å². The third-order valence-electron chi connectivity index (χ3n) is 7.26. The number of aromatic nitrogens is 1. The predicted molar refractivity (Wildman–Crippen MR) is 129 cm³/mol. The minimum absolute atomic E-state index is 0.00331. The van der Waals surface area contributed by atoms with Gasteiger partial charge in [0.15, 0.2) is 22.5 Å². The van der Waals surface area contributed by atoms with Gasteiger partial charge in [0.05, 0.1) is 18.7 Å². The normalized spacial score (nSPS) is 26.6. The number of nitrogens with one attached hydrogen (secondary N) is 1. The van der Waals surface area contributed by atoms with Crippen molar-refractivity contribution in [1.82, 2.24) is 15.2 Å². The molecular weight excluding hydrogens is 528 g/mol. The second kappa shape index (κ2) is 10.1. The van der Waals surface area contributed by atoms with E-state index in [1.807, 2.05) is 0 Å². The largest absolute Gasteiger partial charge is 0.481 e. The number of hydrogen-bond acceptors (Lipinski definition) is 8. The Hall–Kier alpha value is -3.32. The second-order valence-corrected chi connectivity index (χ2v) is 10.5. The molecule has 0 radical (unpaired) electrons. The summed E-state index contributed by atoms with van der Waals surface area (Å²) in [5.41, 5.74) is 0.385. The van der Waals surface area contributed by atoms with Crippen molar-refractivity contribution in [2.75, 3.05) is 13.7 Å². The molecule has 3 aliphatic rings. The molecule has 2 aromatic rings. The van der Waals surface area contributed by atoms with Crippen LogP contribution in [-0.4, -0.2) is 64.4 Å². The van der Waals surface area contributed by atoms with E-state index < -0.39 is 54.0 Å². The third kappa shape index (κ3) is 4.92. The Morgan fingerprint density at radius 2 is 2.05 bits per heavy atom. The van der Waals surface area contributed by atoms with Gasteiger partial charge >= 0.3 is 11.9 Å². The van der Waals surface area contributed by atoms with Crippen molar-refractivity contribution >= 4 is 29.1 Å². The number of fused-ring (bicyclic) bond motifs is 2. The van der Waals surface area contributed by atoms with Crippen LogP contribution in [0.4, 0.5) is 17.6 Å². The lowest BCUT2D eigenvalue weighted by Gasteiger charge is -2.40. The summed E-state index contributed by atoms with van der Waals surface area (Å²) in [5, 5.41) is 14.4. The van der Waals surface area contributed by atoms with Gasteiger partial charge in [-0.1, -0.05) is 6.07 Å². The summed E-state index contributed by atoms with van der Waals surface area (Å²) in [5.74, 6) is -7.21. The highest BCUT2D eigenvalue weighted by Gasteiger charge is 2.57. The van der Waals surface area contributed by atoms with Crippen LogP contribution < -0.4 is 5.32 Å². The van der Waals surface area contributed by atoms with E-state index in [2.05, 4.69) is 15.3 Å². The molecule has 1 aromatic carbocycles. The quantitative estimate of drug-likeness (QED) is 0.397. The predicted octanol–water partition coefficient (Wildman–Crippen LogP) is 3.90. The Labute approximate surface area is 219 Å². The van der Waals surface area contributed by atoms with Crippen molar-refractivity contribution in [3.05, 3.63) is 63.3 Å². The van der Waals surface area contributed by atoms with Gasteiger partial charge in [0, 0.05) is 42.7 Å². The standard InChI is InChI=1S/C25H24F4N4O4S/c1-37-24(36)20-17(11-33-14-6-12(8-19(34)35)7-18(33)25(28,29)10-14)31-22(23-30-4-5-38-23)32-21(20)13-2-3-15(26)16(27)9-13/h2-5,9,12,14,18,21H,6-8,10-11H2,1H3,(H,31,32)(H,34,35)/t12-,14+,18+,21+/m1/s1. The maximum Gasteiger partial charge on any atom is 0.338 e. The molecule has 2 fully saturated rings. The zero-order valence-electron chi connectivity index (χ0n) is 20.2. The Morgan fingerprint density at radius 3 is 2.68 bits per heavy atom. The molecule has 1 aromatic heterocycles. The van der Waals surface area contributed by atoms with Crippen molar-refractivity contribution in [1.29, 1.82) is 0 Å². The number of aliphatic imine (C=N–C) groups is 1. The molecular formula is C25H24F4N4O4S. The fourth-order valence-corrected chi connectivity index (χ4v) is 6.25. The molecule has 2 N–H and O–H groups in total. The summed E-state index contributed by atoms with van der Waals surface area (Å²) in [6, 6.07) is 0.216. The van der Waals surface area contributed by atoms with E-state index in [1.165, 1.54) is 17.4 Å². The SMILES string of the molecule is COC(=O)C1=C(CN2[C@H]3C[C@@H](CC(=O)O)C[C@H]2C(F)(F)C3)NC(c2nccs2)=N[C@H]1c1ccc(F)c(F)c1. The van der Waals surface area contributed by atoms with Gasteiger partial charge in [-0.05, 0) is 36.5 Å². The second-order valence-electron chi connectivity index (χ2n) is 9.64. The Balaban J connectivity index is 1.56. The number of carbonyl (C=O) groups is 2. The molecule has 13 heteroatoms. The average molecular weight is 553 g/mol. The van der Waals surface area contributed by atoms with Crippen LogP contribution in [0.2, 0.25) is 0 Å². The Kier molecular flexibility index (Phi) is 6.99. The van der Waals surface area contributed by atoms with E-state index in [-0.39, 0.29) is 54.4 Å². The van der Waals surface area contributed by atoms with Crippen LogP contribution in [0.5, 0.6) is 0 Å². The fraction of sp³-hybridized carbons (Fsp3) is 0.440. The summed E-state index contributed by atoms with van der Waals surface area (Å²) in [6.45, 7) is -0.111. The molecule has 0 spiro atoms. The molecule has 0 saturated carbocycles. The number of ether oxygens (including phenoxy) is 1. The summed E-state index contributed by atoms with van der Waals surface area (Å²) in [4.78, 5) is 34.7. The van der Waals surface area contributed by atoms with Gasteiger partial charge in [0.2, 0.25) is 0 Å². The van der Waals surface area contributed by atoms with Gasteiger partial charge in [-0.2, -0.15) is 0 Å². The van der Waals surface area contributed by atoms with Gasteiger partial charge in [-0.3, -0.25) is 14.7 Å². The number of benzene rings is 1. The number of esters is 1. The lowest BCUT2D eigenvalue weighted by Crippen LogP contribution is -2.50. The first-order valence-electron chi connectivity index (χ1n) is 11.9. The van der Waals surface area contributed by atoms with Crippen LogP contribution in [0, 0.1) is 17.6 Å². The number of rotatable bonds is 7. The van der Waals surface area contributed by atoms with Gasteiger partial charge < -0.3 is 15.2 Å². The Morgan fingerprint density at radius 1 is 1.26 bits per heavy atom. The zero-order valence-corrected chi connectivity index (χ0v) is 21.0. The third-order valence-corrected chi connectivity index (χ3v) is 8.04. The first-order valence-corrected chi connectivity index (χ1v) is 12.8. The lowest BCUT2D eigenvalue weighted by atomic mass is 9.87. The molecule has 4 heterocycles. The fourth-order valence-electron chi connectivity index (χ4n) is 5.67. The minimum atomic E-state index is -3.04. The number of carboxylic acid groups (broad SMARTS) is 1. The highest BCUT2D eigenvalue weighted by atomic mass is 32.1. The van der Waals surface area contributed by atoms with Crippen molar-refractivity contribution in [3.8, 4) is 0 Å². The number of aliphatic carboxylic acids is 1. The number of alkyl halides is 2. The monoisotopic (exact) mass is 552 g/mol. The molecule has 2 bridgehead atoms. The van der Waals surface area contributed by atoms with Crippen LogP contribution in [0.25, 0.3) is 0 Å². The molecule has 0 amide bonds. The number of methoxy groups -OCH3 is 1. The maximum atomic E-state index is 15.0. The van der Waals surface area contributed by atoms with Crippen LogP contribution in [0.1, 0.15) is 42.3 Å². The van der Waals surface area contributed by atoms with E-state index >= 15 is 8.78 Å². The zero-order chi connectivity index (χ0) is 27.2. The summed E-state index contributed by atoms with van der Waals surface area (Å²) >= 11 is 1.25. The smallest absolute Gasteiger partial charge is 0.338 e. The van der Waals surface area contributed by atoms with E-state index in [0.717, 1.165) is 19.2 Å². The molecule has 8 nitrogen and oxygen atoms in total. The lowest BCUT2D eigenvalue weighted by molar-refractivity contribution is -0.139. The number of hydrogen-bond donors (Lipinski definition) is 2. The first-order chi connectivity index (χ1) is 18.1. The highest BCUT2D eigenvalue weighted by Crippen LogP contribution is 2.48. The van der Waals surface area contributed by atoms with E-state index in [1.54, 1.807) is 16.5 Å². The molecule has 202 valence electrons. The van der Waals surface area contributed by atoms with Crippen molar-refractivity contribution in [2.45, 2.75) is 49.7 Å². The summed E-state index contributed by atoms with van der Waals surface area (Å²) in [6.07, 6.45) is 1.21. The number of piperidine rings is 1. The van der Waals surface area contributed by atoms with Gasteiger partial charge in [-0.15, -0.1) is 11.3 Å². The van der Waals surface area contributed by atoms with Crippen LogP contribution in [0.3, 0.4) is 0 Å². The molecule has 0 aliphatic carbocycles. The van der Waals surface area contributed by atoms with Crippen molar-refractivity contribution in [2.24, 2.45) is 10.9 Å². The number of carbonyl (C=O) groups excluding carboxylic acids is 1. The van der Waals surface area contributed by atoms with Crippen LogP contribution in [-0.2, 0) is 14.3 Å². The number of halogens is 4. The van der Waals surface area contributed by atoms with Crippen LogP contribution >= 0.6 is 11.3 Å². The number of nitrogens with zero attached hydrogens (tertiary/aromatic N) is 3. The topological polar surface area (TPSA) is 104 Å².